The smallest absolute Gasteiger partial charge is 0.378 e. The molecule has 4 nitrogen and oxygen atoms in total. The van der Waals surface area contributed by atoms with Gasteiger partial charge in [-0.05, 0) is 18.2 Å². The Labute approximate surface area is 126 Å². The third kappa shape index (κ3) is 5.53. The van der Waals surface area contributed by atoms with E-state index in [9.17, 15) is 18.0 Å². The number of benzene rings is 1. The average molecular weight is 325 g/mol. The number of hydrogen-bond acceptors (Lipinski definition) is 3. The Bertz CT molecular complexity index is 477. The zero-order chi connectivity index (χ0) is 14.6. The SMILES string of the molecule is Cl.O=C(CC1COCCN1)Nc1cccc(C(F)(F)F)c1. The molecular formula is C13H16ClF3N2O2. The molecule has 0 spiro atoms. The van der Waals surface area contributed by atoms with Gasteiger partial charge < -0.3 is 15.4 Å². The number of carbonyl (C=O) groups is 1. The molecule has 1 aromatic rings. The lowest BCUT2D eigenvalue weighted by Crippen LogP contribution is -2.43. The minimum Gasteiger partial charge on any atom is -0.378 e. The molecule has 0 saturated carbocycles. The van der Waals surface area contributed by atoms with Crippen LogP contribution in [0.2, 0.25) is 0 Å². The number of morpholine rings is 1. The van der Waals surface area contributed by atoms with Crippen LogP contribution < -0.4 is 10.6 Å². The summed E-state index contributed by atoms with van der Waals surface area (Å²) in [7, 11) is 0. The predicted octanol–water partition coefficient (Wildman–Crippen LogP) is 2.44. The van der Waals surface area contributed by atoms with Gasteiger partial charge in [-0.15, -0.1) is 12.4 Å². The third-order valence-electron chi connectivity index (χ3n) is 2.90. The highest BCUT2D eigenvalue weighted by Gasteiger charge is 2.30. The van der Waals surface area contributed by atoms with Crippen molar-refractivity contribution in [3.05, 3.63) is 29.8 Å². The van der Waals surface area contributed by atoms with E-state index < -0.39 is 11.7 Å². The van der Waals surface area contributed by atoms with Crippen LogP contribution in [0.25, 0.3) is 0 Å². The van der Waals surface area contributed by atoms with E-state index in [0.717, 1.165) is 12.1 Å². The molecule has 118 valence electrons. The second-order valence-electron chi connectivity index (χ2n) is 4.56. The highest BCUT2D eigenvalue weighted by Crippen LogP contribution is 2.30. The maximum atomic E-state index is 12.5. The van der Waals surface area contributed by atoms with Gasteiger partial charge in [0.2, 0.25) is 5.91 Å². The fourth-order valence-corrected chi connectivity index (χ4v) is 1.96. The average Bonchev–Trinajstić information content (AvgIpc) is 2.39. The van der Waals surface area contributed by atoms with Crippen LogP contribution in [-0.4, -0.2) is 31.7 Å². The van der Waals surface area contributed by atoms with E-state index in [1.807, 2.05) is 0 Å². The lowest BCUT2D eigenvalue weighted by atomic mass is 10.1. The van der Waals surface area contributed by atoms with Crippen LogP contribution in [0, 0.1) is 0 Å². The monoisotopic (exact) mass is 324 g/mol. The molecule has 0 aliphatic carbocycles. The Morgan fingerprint density at radius 3 is 2.81 bits per heavy atom. The molecule has 1 unspecified atom stereocenters. The topological polar surface area (TPSA) is 50.4 Å². The van der Waals surface area contributed by atoms with Crippen LogP contribution in [0.1, 0.15) is 12.0 Å². The molecule has 2 N–H and O–H groups in total. The first-order valence-corrected chi connectivity index (χ1v) is 6.23. The van der Waals surface area contributed by atoms with Gasteiger partial charge in [-0.1, -0.05) is 6.07 Å². The second-order valence-corrected chi connectivity index (χ2v) is 4.56. The maximum Gasteiger partial charge on any atom is 0.416 e. The van der Waals surface area contributed by atoms with Gasteiger partial charge >= 0.3 is 6.18 Å². The fourth-order valence-electron chi connectivity index (χ4n) is 1.96. The molecule has 1 saturated heterocycles. The molecule has 2 rings (SSSR count). The molecule has 1 fully saturated rings. The number of nitrogens with one attached hydrogen (secondary N) is 2. The predicted molar refractivity (Wildman–Crippen MR) is 74.5 cm³/mol. The van der Waals surface area contributed by atoms with Crippen molar-refractivity contribution in [3.8, 4) is 0 Å². The summed E-state index contributed by atoms with van der Waals surface area (Å²) < 4.78 is 42.8. The van der Waals surface area contributed by atoms with Crippen LogP contribution in [-0.2, 0) is 15.7 Å². The van der Waals surface area contributed by atoms with E-state index in [0.29, 0.717) is 19.8 Å². The van der Waals surface area contributed by atoms with E-state index in [4.69, 9.17) is 4.74 Å². The van der Waals surface area contributed by atoms with Crippen LogP contribution >= 0.6 is 12.4 Å². The summed E-state index contributed by atoms with van der Waals surface area (Å²) in [5, 5.41) is 5.57. The van der Waals surface area contributed by atoms with E-state index in [1.165, 1.54) is 12.1 Å². The summed E-state index contributed by atoms with van der Waals surface area (Å²) in [6.45, 7) is 1.70. The lowest BCUT2D eigenvalue weighted by molar-refractivity contribution is -0.137. The number of anilines is 1. The lowest BCUT2D eigenvalue weighted by Gasteiger charge is -2.23. The number of carbonyl (C=O) groups excluding carboxylic acids is 1. The van der Waals surface area contributed by atoms with Crippen molar-refractivity contribution in [2.45, 2.75) is 18.6 Å². The number of halogens is 4. The van der Waals surface area contributed by atoms with Gasteiger partial charge in [0.05, 0.1) is 18.8 Å². The van der Waals surface area contributed by atoms with Gasteiger partial charge in [0, 0.05) is 24.7 Å². The summed E-state index contributed by atoms with van der Waals surface area (Å²) in [6.07, 6.45) is -4.25. The Balaban J connectivity index is 0.00000220. The van der Waals surface area contributed by atoms with Crippen molar-refractivity contribution in [1.29, 1.82) is 0 Å². The first-order chi connectivity index (χ1) is 9.45. The van der Waals surface area contributed by atoms with E-state index in [-0.39, 0.29) is 36.5 Å². The zero-order valence-electron chi connectivity index (χ0n) is 11.1. The van der Waals surface area contributed by atoms with Crippen molar-refractivity contribution in [2.75, 3.05) is 25.1 Å². The number of amides is 1. The van der Waals surface area contributed by atoms with Crippen molar-refractivity contribution < 1.29 is 22.7 Å². The first-order valence-electron chi connectivity index (χ1n) is 6.23. The number of rotatable bonds is 3. The molecule has 0 bridgehead atoms. The Kier molecular flexibility index (Phi) is 6.44. The third-order valence-corrected chi connectivity index (χ3v) is 2.90. The second kappa shape index (κ2) is 7.63. The number of hydrogen-bond donors (Lipinski definition) is 2. The van der Waals surface area contributed by atoms with E-state index in [2.05, 4.69) is 10.6 Å². The fraction of sp³-hybridized carbons (Fsp3) is 0.462. The maximum absolute atomic E-state index is 12.5. The van der Waals surface area contributed by atoms with E-state index in [1.54, 1.807) is 0 Å². The van der Waals surface area contributed by atoms with Crippen molar-refractivity contribution >= 4 is 24.0 Å². The molecule has 1 heterocycles. The minimum atomic E-state index is -4.42. The summed E-state index contributed by atoms with van der Waals surface area (Å²) in [5.41, 5.74) is -0.643. The Morgan fingerprint density at radius 2 is 2.19 bits per heavy atom. The molecule has 1 atom stereocenters. The molecule has 0 radical (unpaired) electrons. The molecular weight excluding hydrogens is 309 g/mol. The molecule has 1 aliphatic rings. The highest BCUT2D eigenvalue weighted by molar-refractivity contribution is 5.91. The Hall–Kier alpha value is -1.31. The highest BCUT2D eigenvalue weighted by atomic mass is 35.5. The van der Waals surface area contributed by atoms with Crippen molar-refractivity contribution in [2.24, 2.45) is 0 Å². The van der Waals surface area contributed by atoms with Gasteiger partial charge in [0.15, 0.2) is 0 Å². The van der Waals surface area contributed by atoms with Crippen LogP contribution in [0.5, 0.6) is 0 Å². The molecule has 1 amide bonds. The summed E-state index contributed by atoms with van der Waals surface area (Å²) in [6, 6.07) is 4.47. The van der Waals surface area contributed by atoms with Crippen molar-refractivity contribution in [1.82, 2.24) is 5.32 Å². The van der Waals surface area contributed by atoms with Crippen LogP contribution in [0.4, 0.5) is 18.9 Å². The van der Waals surface area contributed by atoms with E-state index >= 15 is 0 Å². The molecule has 8 heteroatoms. The number of alkyl halides is 3. The largest absolute Gasteiger partial charge is 0.416 e. The molecule has 21 heavy (non-hydrogen) atoms. The van der Waals surface area contributed by atoms with Gasteiger partial charge in [0.25, 0.3) is 0 Å². The standard InChI is InChI=1S/C13H15F3N2O2.ClH/c14-13(15,16)9-2-1-3-10(6-9)18-12(19)7-11-8-20-5-4-17-11;/h1-3,6,11,17H,4-5,7-8H2,(H,18,19);1H. The summed E-state index contributed by atoms with van der Waals surface area (Å²) >= 11 is 0. The molecule has 1 aromatic carbocycles. The summed E-state index contributed by atoms with van der Waals surface area (Å²) in [5.74, 6) is -0.340. The quantitative estimate of drug-likeness (QED) is 0.898. The zero-order valence-corrected chi connectivity index (χ0v) is 11.9. The van der Waals surface area contributed by atoms with Gasteiger partial charge in [-0.3, -0.25) is 4.79 Å². The normalized spacial score (nSPS) is 18.7. The number of ether oxygens (including phenoxy) is 1. The van der Waals surface area contributed by atoms with Gasteiger partial charge in [0.1, 0.15) is 0 Å². The minimum absolute atomic E-state index is 0. The molecule has 1 aliphatic heterocycles. The van der Waals surface area contributed by atoms with Gasteiger partial charge in [-0.2, -0.15) is 13.2 Å². The Morgan fingerprint density at radius 1 is 1.43 bits per heavy atom. The van der Waals surface area contributed by atoms with Crippen LogP contribution in [0.15, 0.2) is 24.3 Å². The molecule has 0 aromatic heterocycles. The van der Waals surface area contributed by atoms with Gasteiger partial charge in [-0.25, -0.2) is 0 Å². The van der Waals surface area contributed by atoms with Crippen LogP contribution in [0.3, 0.4) is 0 Å². The first kappa shape index (κ1) is 17.7. The summed E-state index contributed by atoms with van der Waals surface area (Å²) in [4.78, 5) is 11.8. The van der Waals surface area contributed by atoms with Crippen molar-refractivity contribution in [3.63, 3.8) is 0 Å².